The molecule has 0 aliphatic rings. The first-order valence-corrected chi connectivity index (χ1v) is 5.17. The van der Waals surface area contributed by atoms with Crippen LogP contribution in [0.5, 0.6) is 0 Å². The van der Waals surface area contributed by atoms with Crippen molar-refractivity contribution in [2.75, 3.05) is 11.9 Å². The maximum absolute atomic E-state index is 12.4. The van der Waals surface area contributed by atoms with Crippen LogP contribution in [0.3, 0.4) is 0 Å². The van der Waals surface area contributed by atoms with Crippen molar-refractivity contribution in [2.24, 2.45) is 0 Å². The van der Waals surface area contributed by atoms with Crippen LogP contribution in [0.25, 0.3) is 0 Å². The molecule has 1 aromatic heterocycles. The minimum atomic E-state index is -4.51. The van der Waals surface area contributed by atoms with E-state index in [0.717, 1.165) is 18.9 Å². The Hall–Kier alpha value is -1.04. The van der Waals surface area contributed by atoms with Crippen LogP contribution < -0.4 is 5.32 Å². The van der Waals surface area contributed by atoms with Crippen molar-refractivity contribution in [1.82, 2.24) is 9.97 Å². The van der Waals surface area contributed by atoms with Crippen LogP contribution in [0.15, 0.2) is 6.07 Å². The topological polar surface area (TPSA) is 37.8 Å². The van der Waals surface area contributed by atoms with E-state index in [0.29, 0.717) is 6.54 Å². The second-order valence-corrected chi connectivity index (χ2v) is 3.52. The van der Waals surface area contributed by atoms with E-state index in [1.165, 1.54) is 0 Å². The van der Waals surface area contributed by atoms with Crippen molar-refractivity contribution in [3.63, 3.8) is 0 Å². The van der Waals surface area contributed by atoms with E-state index in [-0.39, 0.29) is 5.82 Å². The Morgan fingerprint density at radius 1 is 1.38 bits per heavy atom. The molecule has 0 saturated heterocycles. The van der Waals surface area contributed by atoms with E-state index in [1.807, 2.05) is 6.92 Å². The van der Waals surface area contributed by atoms with Crippen molar-refractivity contribution >= 4 is 17.4 Å². The molecule has 0 bridgehead atoms. The molecule has 0 fully saturated rings. The monoisotopic (exact) mass is 253 g/mol. The number of hydrogen-bond donors (Lipinski definition) is 1. The summed E-state index contributed by atoms with van der Waals surface area (Å²) in [6.07, 6.45) is -2.71. The van der Waals surface area contributed by atoms with Crippen LogP contribution in [-0.4, -0.2) is 16.5 Å². The third-order valence-electron chi connectivity index (χ3n) is 1.83. The maximum atomic E-state index is 12.4. The SMILES string of the molecule is CCCCNc1cc(C(F)(F)F)nc(Cl)n1. The van der Waals surface area contributed by atoms with Crippen molar-refractivity contribution in [2.45, 2.75) is 25.9 Å². The minimum Gasteiger partial charge on any atom is -0.370 e. The zero-order valence-corrected chi connectivity index (χ0v) is 9.36. The summed E-state index contributed by atoms with van der Waals surface area (Å²) in [5.41, 5.74) is -1.04. The van der Waals surface area contributed by atoms with Gasteiger partial charge in [-0.1, -0.05) is 13.3 Å². The smallest absolute Gasteiger partial charge is 0.370 e. The predicted molar refractivity (Wildman–Crippen MR) is 55.4 cm³/mol. The van der Waals surface area contributed by atoms with Crippen LogP contribution in [-0.2, 0) is 6.18 Å². The number of rotatable bonds is 4. The highest BCUT2D eigenvalue weighted by atomic mass is 35.5. The van der Waals surface area contributed by atoms with Gasteiger partial charge in [-0.25, -0.2) is 9.97 Å². The van der Waals surface area contributed by atoms with Crippen molar-refractivity contribution < 1.29 is 13.2 Å². The molecule has 0 unspecified atom stereocenters. The standard InChI is InChI=1S/C9H11ClF3N3/c1-2-3-4-14-7-5-6(9(11,12)13)15-8(10)16-7/h5H,2-4H2,1H3,(H,14,15,16). The second kappa shape index (κ2) is 5.34. The van der Waals surface area contributed by atoms with Gasteiger partial charge in [0.1, 0.15) is 5.82 Å². The zero-order chi connectivity index (χ0) is 12.2. The lowest BCUT2D eigenvalue weighted by Crippen LogP contribution is -2.11. The van der Waals surface area contributed by atoms with Gasteiger partial charge in [-0.05, 0) is 18.0 Å². The normalized spacial score (nSPS) is 11.6. The Labute approximate surface area is 96.0 Å². The second-order valence-electron chi connectivity index (χ2n) is 3.19. The summed E-state index contributed by atoms with van der Waals surface area (Å²) in [6, 6.07) is 0.849. The Kier molecular flexibility index (Phi) is 4.35. The van der Waals surface area contributed by atoms with Gasteiger partial charge in [0.15, 0.2) is 5.69 Å². The molecule has 7 heteroatoms. The molecule has 0 aromatic carbocycles. The molecule has 0 aliphatic heterocycles. The molecule has 16 heavy (non-hydrogen) atoms. The molecule has 1 rings (SSSR count). The molecular formula is C9H11ClF3N3. The van der Waals surface area contributed by atoms with Crippen LogP contribution >= 0.6 is 11.6 Å². The van der Waals surface area contributed by atoms with Crippen LogP contribution in [0.2, 0.25) is 5.28 Å². The number of nitrogens with zero attached hydrogens (tertiary/aromatic N) is 2. The summed E-state index contributed by atoms with van der Waals surface area (Å²) in [5.74, 6) is 0.0979. The maximum Gasteiger partial charge on any atom is 0.433 e. The Bertz CT molecular complexity index is 354. The molecule has 0 radical (unpaired) electrons. The summed E-state index contributed by atoms with van der Waals surface area (Å²) in [5, 5.41) is 2.35. The summed E-state index contributed by atoms with van der Waals surface area (Å²) >= 11 is 5.41. The van der Waals surface area contributed by atoms with Gasteiger partial charge in [-0.3, -0.25) is 0 Å². The quantitative estimate of drug-likeness (QED) is 0.660. The summed E-state index contributed by atoms with van der Waals surface area (Å²) in [7, 11) is 0. The highest BCUT2D eigenvalue weighted by molar-refractivity contribution is 6.28. The van der Waals surface area contributed by atoms with Gasteiger partial charge in [0.25, 0.3) is 0 Å². The van der Waals surface area contributed by atoms with E-state index in [1.54, 1.807) is 0 Å². The fourth-order valence-corrected chi connectivity index (χ4v) is 1.23. The first-order chi connectivity index (χ1) is 7.43. The van der Waals surface area contributed by atoms with E-state index in [2.05, 4.69) is 15.3 Å². The minimum absolute atomic E-state index is 0.0979. The molecule has 1 aromatic rings. The molecular weight excluding hydrogens is 243 g/mol. The number of halogens is 4. The lowest BCUT2D eigenvalue weighted by molar-refractivity contribution is -0.141. The van der Waals surface area contributed by atoms with Gasteiger partial charge in [-0.2, -0.15) is 13.2 Å². The first kappa shape index (κ1) is 13.0. The lowest BCUT2D eigenvalue weighted by Gasteiger charge is -2.09. The van der Waals surface area contributed by atoms with Gasteiger partial charge in [0, 0.05) is 12.6 Å². The number of nitrogens with one attached hydrogen (secondary N) is 1. The molecule has 3 nitrogen and oxygen atoms in total. The van der Waals surface area contributed by atoms with E-state index in [9.17, 15) is 13.2 Å². The van der Waals surface area contributed by atoms with Gasteiger partial charge in [0.05, 0.1) is 0 Å². The zero-order valence-electron chi connectivity index (χ0n) is 8.60. The van der Waals surface area contributed by atoms with E-state index in [4.69, 9.17) is 11.6 Å². The van der Waals surface area contributed by atoms with Crippen molar-refractivity contribution in [3.8, 4) is 0 Å². The lowest BCUT2D eigenvalue weighted by atomic mass is 10.3. The van der Waals surface area contributed by atoms with E-state index >= 15 is 0 Å². The largest absolute Gasteiger partial charge is 0.433 e. The third kappa shape index (κ3) is 3.84. The Balaban J connectivity index is 2.82. The average Bonchev–Trinajstić information content (AvgIpc) is 2.16. The number of aromatic nitrogens is 2. The third-order valence-corrected chi connectivity index (χ3v) is 1.99. The predicted octanol–water partition coefficient (Wildman–Crippen LogP) is 3.36. The Morgan fingerprint density at radius 3 is 2.62 bits per heavy atom. The van der Waals surface area contributed by atoms with Gasteiger partial charge < -0.3 is 5.32 Å². The number of anilines is 1. The van der Waals surface area contributed by atoms with Gasteiger partial charge in [-0.15, -0.1) is 0 Å². The molecule has 0 aliphatic carbocycles. The number of alkyl halides is 3. The summed E-state index contributed by atoms with van der Waals surface area (Å²) in [4.78, 5) is 6.79. The van der Waals surface area contributed by atoms with Crippen LogP contribution in [0.4, 0.5) is 19.0 Å². The van der Waals surface area contributed by atoms with Gasteiger partial charge in [0.2, 0.25) is 5.28 Å². The average molecular weight is 254 g/mol. The summed E-state index contributed by atoms with van der Waals surface area (Å²) < 4.78 is 37.1. The number of hydrogen-bond acceptors (Lipinski definition) is 3. The molecule has 90 valence electrons. The molecule has 1 heterocycles. The molecule has 0 spiro atoms. The molecule has 1 N–H and O–H groups in total. The van der Waals surface area contributed by atoms with Crippen LogP contribution in [0, 0.1) is 0 Å². The summed E-state index contributed by atoms with van der Waals surface area (Å²) in [6.45, 7) is 2.54. The van der Waals surface area contributed by atoms with Gasteiger partial charge >= 0.3 is 6.18 Å². The van der Waals surface area contributed by atoms with Crippen molar-refractivity contribution in [3.05, 3.63) is 17.0 Å². The highest BCUT2D eigenvalue weighted by Gasteiger charge is 2.33. The number of unbranched alkanes of at least 4 members (excludes halogenated alkanes) is 1. The Morgan fingerprint density at radius 2 is 2.06 bits per heavy atom. The fourth-order valence-electron chi connectivity index (χ4n) is 1.05. The van der Waals surface area contributed by atoms with Crippen molar-refractivity contribution in [1.29, 1.82) is 0 Å². The fraction of sp³-hybridized carbons (Fsp3) is 0.556. The molecule has 0 saturated carbocycles. The van der Waals surface area contributed by atoms with E-state index < -0.39 is 17.2 Å². The first-order valence-electron chi connectivity index (χ1n) is 4.79. The van der Waals surface area contributed by atoms with Crippen LogP contribution in [0.1, 0.15) is 25.5 Å². The molecule has 0 amide bonds. The molecule has 0 atom stereocenters. The highest BCUT2D eigenvalue weighted by Crippen LogP contribution is 2.29.